The zero-order valence-corrected chi connectivity index (χ0v) is 11.3. The van der Waals surface area contributed by atoms with Crippen molar-refractivity contribution in [2.75, 3.05) is 13.2 Å². The lowest BCUT2D eigenvalue weighted by molar-refractivity contribution is -0.0450. The summed E-state index contributed by atoms with van der Waals surface area (Å²) < 4.78 is 12.9. The largest absolute Gasteiger partial charge is 0.346 e. The van der Waals surface area contributed by atoms with E-state index in [-0.39, 0.29) is 6.29 Å². The van der Waals surface area contributed by atoms with Crippen molar-refractivity contribution in [3.63, 3.8) is 0 Å². The van der Waals surface area contributed by atoms with E-state index in [1.54, 1.807) is 6.20 Å². The quantitative estimate of drug-likeness (QED) is 0.862. The smallest absolute Gasteiger partial charge is 0.186 e. The van der Waals surface area contributed by atoms with E-state index in [9.17, 15) is 0 Å². The minimum Gasteiger partial charge on any atom is -0.346 e. The van der Waals surface area contributed by atoms with Gasteiger partial charge in [0.1, 0.15) is 0 Å². The van der Waals surface area contributed by atoms with Crippen molar-refractivity contribution in [1.29, 1.82) is 0 Å². The molecule has 0 amide bonds. The molecule has 0 atom stereocenters. The molecule has 3 rings (SSSR count). The van der Waals surface area contributed by atoms with Crippen LogP contribution in [0.25, 0.3) is 10.9 Å². The van der Waals surface area contributed by atoms with Crippen LogP contribution in [0.5, 0.6) is 0 Å². The van der Waals surface area contributed by atoms with Gasteiger partial charge in [-0.1, -0.05) is 15.9 Å². The molecule has 0 spiro atoms. The van der Waals surface area contributed by atoms with Crippen LogP contribution in [-0.4, -0.2) is 23.4 Å². The number of ether oxygens (including phenoxy) is 2. The first-order valence-corrected chi connectivity index (χ1v) is 6.40. The van der Waals surface area contributed by atoms with E-state index >= 15 is 0 Å². The van der Waals surface area contributed by atoms with Gasteiger partial charge in [0.15, 0.2) is 6.29 Å². The zero-order chi connectivity index (χ0) is 11.1. The lowest BCUT2D eigenvalue weighted by Gasteiger charge is -2.14. The number of nitrogens with one attached hydrogen (secondary N) is 1. The normalized spacial score (nSPS) is 17.4. The molecule has 1 aliphatic heterocycles. The molecular weight excluding hydrogens is 340 g/mol. The molecule has 0 unspecified atom stereocenters. The molecule has 16 heavy (non-hydrogen) atoms. The topological polar surface area (TPSA) is 47.1 Å². The number of hydrogen-bond acceptors (Lipinski definition) is 3. The van der Waals surface area contributed by atoms with Crippen LogP contribution in [0.2, 0.25) is 0 Å². The van der Waals surface area contributed by atoms with Gasteiger partial charge in [0.2, 0.25) is 0 Å². The van der Waals surface area contributed by atoms with Gasteiger partial charge in [-0.3, -0.25) is 5.10 Å². The fraction of sp³-hybridized carbons (Fsp3) is 0.300. The average molecular weight is 348 g/mol. The van der Waals surface area contributed by atoms with Crippen molar-refractivity contribution >= 4 is 42.8 Å². The Hall–Kier alpha value is -0.430. The number of hydrogen-bond donors (Lipinski definition) is 1. The molecule has 1 N–H and O–H groups in total. The van der Waals surface area contributed by atoms with Crippen molar-refractivity contribution in [3.05, 3.63) is 26.8 Å². The van der Waals surface area contributed by atoms with Gasteiger partial charge >= 0.3 is 0 Å². The summed E-state index contributed by atoms with van der Waals surface area (Å²) in [6.45, 7) is 1.26. The Labute approximate surface area is 109 Å². The number of nitrogens with zero attached hydrogens (tertiary/aromatic N) is 1. The number of aromatic nitrogens is 2. The molecule has 1 aromatic carbocycles. The van der Waals surface area contributed by atoms with Crippen LogP contribution >= 0.6 is 31.9 Å². The Balaban J connectivity index is 2.21. The third kappa shape index (κ3) is 1.60. The maximum Gasteiger partial charge on any atom is 0.186 e. The molecule has 1 aromatic heterocycles. The number of benzene rings is 1. The maximum atomic E-state index is 5.51. The number of H-pyrrole nitrogens is 1. The summed E-state index contributed by atoms with van der Waals surface area (Å²) >= 11 is 7.10. The van der Waals surface area contributed by atoms with Crippen molar-refractivity contribution in [2.24, 2.45) is 0 Å². The van der Waals surface area contributed by atoms with Crippen LogP contribution in [0.15, 0.2) is 21.2 Å². The molecule has 0 aliphatic carbocycles. The Kier molecular flexibility index (Phi) is 2.75. The van der Waals surface area contributed by atoms with Crippen molar-refractivity contribution in [1.82, 2.24) is 10.2 Å². The van der Waals surface area contributed by atoms with Crippen LogP contribution < -0.4 is 0 Å². The van der Waals surface area contributed by atoms with Crippen molar-refractivity contribution in [2.45, 2.75) is 6.29 Å². The molecule has 1 fully saturated rings. The van der Waals surface area contributed by atoms with Crippen LogP contribution in [0.4, 0.5) is 0 Å². The molecule has 2 heterocycles. The van der Waals surface area contributed by atoms with Gasteiger partial charge in [-0.2, -0.15) is 5.10 Å². The Bertz CT molecular complexity index is 535. The van der Waals surface area contributed by atoms with Gasteiger partial charge in [-0.15, -0.1) is 0 Å². The molecular formula is C10H8Br2N2O2. The Morgan fingerprint density at radius 2 is 2.06 bits per heavy atom. The van der Waals surface area contributed by atoms with Crippen molar-refractivity contribution < 1.29 is 9.47 Å². The highest BCUT2D eigenvalue weighted by Crippen LogP contribution is 2.39. The number of rotatable bonds is 1. The van der Waals surface area contributed by atoms with Crippen LogP contribution in [0.3, 0.4) is 0 Å². The van der Waals surface area contributed by atoms with E-state index in [1.807, 2.05) is 6.07 Å². The van der Waals surface area contributed by atoms with Crippen LogP contribution in [-0.2, 0) is 9.47 Å². The zero-order valence-electron chi connectivity index (χ0n) is 8.17. The van der Waals surface area contributed by atoms with Crippen molar-refractivity contribution in [3.8, 4) is 0 Å². The fourth-order valence-electron chi connectivity index (χ4n) is 1.78. The second-order valence-corrected chi connectivity index (χ2v) is 5.14. The molecule has 1 aliphatic rings. The van der Waals surface area contributed by atoms with E-state index in [1.165, 1.54) is 0 Å². The monoisotopic (exact) mass is 346 g/mol. The third-order valence-corrected chi connectivity index (χ3v) is 4.04. The molecule has 1 saturated heterocycles. The van der Waals surface area contributed by atoms with Crippen LogP contribution in [0.1, 0.15) is 11.9 Å². The molecule has 4 nitrogen and oxygen atoms in total. The SMILES string of the molecule is Brc1cc2[nH]ncc2c(Br)c1C1OCCO1. The standard InChI is InChI=1S/C10H8Br2N2O2/c11-6-3-7-5(4-13-14-7)9(12)8(6)10-15-1-2-16-10/h3-4,10H,1-2H2,(H,13,14). The summed E-state index contributed by atoms with van der Waals surface area (Å²) in [7, 11) is 0. The maximum absolute atomic E-state index is 5.51. The second kappa shape index (κ2) is 4.10. The fourth-order valence-corrected chi connectivity index (χ4v) is 3.37. The molecule has 0 radical (unpaired) electrons. The summed E-state index contributed by atoms with van der Waals surface area (Å²) in [6, 6.07) is 1.98. The van der Waals surface area contributed by atoms with Gasteiger partial charge in [0, 0.05) is 19.9 Å². The minimum atomic E-state index is -0.303. The number of aromatic amines is 1. The predicted octanol–water partition coefficient (Wildman–Crippen LogP) is 3.13. The third-order valence-electron chi connectivity index (χ3n) is 2.53. The number of fused-ring (bicyclic) bond motifs is 1. The summed E-state index contributed by atoms with van der Waals surface area (Å²) in [6.07, 6.45) is 1.48. The first-order chi connectivity index (χ1) is 7.77. The molecule has 84 valence electrons. The number of halogens is 2. The highest BCUT2D eigenvalue weighted by Gasteiger charge is 2.25. The molecule has 0 saturated carbocycles. The van der Waals surface area contributed by atoms with E-state index in [0.717, 1.165) is 25.4 Å². The molecule has 6 heteroatoms. The second-order valence-electron chi connectivity index (χ2n) is 3.49. The first kappa shape index (κ1) is 10.7. The van der Waals surface area contributed by atoms with Crippen LogP contribution in [0, 0.1) is 0 Å². The summed E-state index contributed by atoms with van der Waals surface area (Å²) in [5.74, 6) is 0. The average Bonchev–Trinajstić information content (AvgIpc) is 2.87. The van der Waals surface area contributed by atoms with Gasteiger partial charge in [0.05, 0.1) is 24.9 Å². The van der Waals surface area contributed by atoms with E-state index in [4.69, 9.17) is 9.47 Å². The van der Waals surface area contributed by atoms with E-state index in [0.29, 0.717) is 13.2 Å². The highest BCUT2D eigenvalue weighted by molar-refractivity contribution is 9.11. The molecule has 0 bridgehead atoms. The Morgan fingerprint density at radius 1 is 1.31 bits per heavy atom. The minimum absolute atomic E-state index is 0.303. The van der Waals surface area contributed by atoms with E-state index in [2.05, 4.69) is 42.1 Å². The lowest BCUT2D eigenvalue weighted by Crippen LogP contribution is -2.00. The summed E-state index contributed by atoms with van der Waals surface area (Å²) in [5.41, 5.74) is 1.95. The predicted molar refractivity (Wildman–Crippen MR) is 66.1 cm³/mol. The first-order valence-electron chi connectivity index (χ1n) is 4.81. The Morgan fingerprint density at radius 3 is 2.81 bits per heavy atom. The highest BCUT2D eigenvalue weighted by atomic mass is 79.9. The summed E-state index contributed by atoms with van der Waals surface area (Å²) in [5, 5.41) is 7.97. The lowest BCUT2D eigenvalue weighted by atomic mass is 10.1. The van der Waals surface area contributed by atoms with Gasteiger partial charge in [0.25, 0.3) is 0 Å². The summed E-state index contributed by atoms with van der Waals surface area (Å²) in [4.78, 5) is 0. The molecule has 2 aromatic rings. The van der Waals surface area contributed by atoms with Gasteiger partial charge in [-0.25, -0.2) is 0 Å². The van der Waals surface area contributed by atoms with Gasteiger partial charge in [-0.05, 0) is 22.0 Å². The van der Waals surface area contributed by atoms with E-state index < -0.39 is 0 Å². The van der Waals surface area contributed by atoms with Gasteiger partial charge < -0.3 is 9.47 Å².